The van der Waals surface area contributed by atoms with Crippen LogP contribution in [-0.2, 0) is 11.3 Å². The van der Waals surface area contributed by atoms with Crippen LogP contribution in [0.1, 0.15) is 51.4 Å². The van der Waals surface area contributed by atoms with Crippen molar-refractivity contribution >= 4 is 39.1 Å². The zero-order valence-electron chi connectivity index (χ0n) is 18.9. The number of benzene rings is 1. The van der Waals surface area contributed by atoms with Gasteiger partial charge in [0, 0.05) is 36.5 Å². The fourth-order valence-corrected chi connectivity index (χ4v) is 5.04. The van der Waals surface area contributed by atoms with Crippen molar-refractivity contribution in [3.05, 3.63) is 57.8 Å². The molecule has 0 atom stereocenters. The van der Waals surface area contributed by atoms with Crippen molar-refractivity contribution < 1.29 is 18.8 Å². The van der Waals surface area contributed by atoms with Gasteiger partial charge in [0.15, 0.2) is 0 Å². The lowest BCUT2D eigenvalue weighted by molar-refractivity contribution is -0.0768. The van der Waals surface area contributed by atoms with Gasteiger partial charge in [-0.2, -0.15) is 0 Å². The maximum absolute atomic E-state index is 14.0. The van der Waals surface area contributed by atoms with E-state index in [1.54, 1.807) is 19.3 Å². The molecule has 1 fully saturated rings. The molecular formula is C24H27FN4O3S. The van der Waals surface area contributed by atoms with Crippen LogP contribution in [0.4, 0.5) is 9.39 Å². The van der Waals surface area contributed by atoms with Gasteiger partial charge < -0.3 is 10.6 Å². The molecule has 0 unspecified atom stereocenters. The molecule has 1 saturated heterocycles. The Balaban J connectivity index is 1.85. The molecule has 1 aromatic carbocycles. The summed E-state index contributed by atoms with van der Waals surface area (Å²) in [6, 6.07) is 6.29. The summed E-state index contributed by atoms with van der Waals surface area (Å²) in [7, 11) is 1.55. The molecule has 4 rings (SSSR count). The molecule has 0 spiro atoms. The topological polar surface area (TPSA) is 83.6 Å². The lowest BCUT2D eigenvalue weighted by Crippen LogP contribution is -2.30. The SMILES string of the molecule is CNC(=O)c1c(NCC(C)C)sc(Cc2ccnc3ccc(F)cc23)c1C(=O)N1CCCO1. The number of amides is 2. The number of nitrogens with one attached hydrogen (secondary N) is 2. The van der Waals surface area contributed by atoms with Crippen LogP contribution in [0, 0.1) is 11.7 Å². The number of carbonyl (C=O) groups is 2. The highest BCUT2D eigenvalue weighted by molar-refractivity contribution is 7.17. The van der Waals surface area contributed by atoms with Crippen molar-refractivity contribution in [2.45, 2.75) is 26.7 Å². The monoisotopic (exact) mass is 470 g/mol. The molecule has 0 radical (unpaired) electrons. The van der Waals surface area contributed by atoms with Gasteiger partial charge in [0.25, 0.3) is 11.8 Å². The first-order valence-corrected chi connectivity index (χ1v) is 11.8. The summed E-state index contributed by atoms with van der Waals surface area (Å²) in [4.78, 5) is 37.0. The van der Waals surface area contributed by atoms with Gasteiger partial charge in [-0.15, -0.1) is 11.3 Å². The van der Waals surface area contributed by atoms with Crippen molar-refractivity contribution in [1.82, 2.24) is 15.4 Å². The molecule has 0 bridgehead atoms. The number of anilines is 1. The predicted molar refractivity (Wildman–Crippen MR) is 127 cm³/mol. The van der Waals surface area contributed by atoms with E-state index < -0.39 is 0 Å². The number of carbonyl (C=O) groups excluding carboxylic acids is 2. The number of pyridine rings is 1. The Morgan fingerprint density at radius 1 is 1.27 bits per heavy atom. The van der Waals surface area contributed by atoms with Crippen LogP contribution in [0.25, 0.3) is 10.9 Å². The minimum absolute atomic E-state index is 0.322. The number of hydrogen-bond donors (Lipinski definition) is 2. The van der Waals surface area contributed by atoms with Gasteiger partial charge in [-0.3, -0.25) is 19.4 Å². The van der Waals surface area contributed by atoms with E-state index in [1.807, 2.05) is 6.07 Å². The molecule has 33 heavy (non-hydrogen) atoms. The lowest BCUT2D eigenvalue weighted by atomic mass is 10.0. The highest BCUT2D eigenvalue weighted by atomic mass is 32.1. The van der Waals surface area contributed by atoms with Gasteiger partial charge in [-0.1, -0.05) is 13.8 Å². The molecule has 2 aromatic heterocycles. The Morgan fingerprint density at radius 2 is 2.09 bits per heavy atom. The van der Waals surface area contributed by atoms with Crippen molar-refractivity contribution in [3.63, 3.8) is 0 Å². The van der Waals surface area contributed by atoms with Gasteiger partial charge in [-0.25, -0.2) is 9.45 Å². The average molecular weight is 471 g/mol. The maximum atomic E-state index is 14.0. The lowest BCUT2D eigenvalue weighted by Gasteiger charge is -2.16. The van der Waals surface area contributed by atoms with Crippen molar-refractivity contribution in [3.8, 4) is 0 Å². The number of thiophene rings is 1. The molecule has 7 nitrogen and oxygen atoms in total. The van der Waals surface area contributed by atoms with Crippen LogP contribution in [0.3, 0.4) is 0 Å². The van der Waals surface area contributed by atoms with E-state index in [9.17, 15) is 14.0 Å². The summed E-state index contributed by atoms with van der Waals surface area (Å²) < 4.78 is 14.0. The van der Waals surface area contributed by atoms with Gasteiger partial charge in [0.05, 0.1) is 29.8 Å². The van der Waals surface area contributed by atoms with Gasteiger partial charge in [-0.05, 0) is 42.2 Å². The Morgan fingerprint density at radius 3 is 2.79 bits per heavy atom. The zero-order chi connectivity index (χ0) is 23.5. The number of rotatable bonds is 7. The molecule has 3 aromatic rings. The molecular weight excluding hydrogens is 443 g/mol. The van der Waals surface area contributed by atoms with Crippen LogP contribution in [0.5, 0.6) is 0 Å². The molecule has 174 valence electrons. The first-order valence-electron chi connectivity index (χ1n) is 11.0. The number of hydrogen-bond acceptors (Lipinski definition) is 6. The standard InChI is InChI=1S/C24H27FN4O3S/c1-14(2)13-28-23-21(22(30)26-3)20(24(31)29-9-4-10-32-29)19(33-23)11-15-7-8-27-18-6-5-16(25)12-17(15)18/h5-8,12,14,28H,4,9-11,13H2,1-3H3,(H,26,30). The van der Waals surface area contributed by atoms with Crippen LogP contribution in [-0.4, -0.2) is 48.6 Å². The first-order chi connectivity index (χ1) is 15.9. The zero-order valence-corrected chi connectivity index (χ0v) is 19.7. The molecule has 1 aliphatic heterocycles. The van der Waals surface area contributed by atoms with Gasteiger partial charge in [0.2, 0.25) is 0 Å². The van der Waals surface area contributed by atoms with Crippen LogP contribution >= 0.6 is 11.3 Å². The summed E-state index contributed by atoms with van der Waals surface area (Å²) in [5.74, 6) is -0.673. The average Bonchev–Trinajstić information content (AvgIpc) is 3.45. The normalized spacial score (nSPS) is 13.7. The first kappa shape index (κ1) is 23.1. The number of hydroxylamine groups is 2. The molecule has 2 N–H and O–H groups in total. The second-order valence-corrected chi connectivity index (χ2v) is 9.47. The highest BCUT2D eigenvalue weighted by Gasteiger charge is 2.32. The number of aromatic nitrogens is 1. The molecule has 0 aliphatic carbocycles. The number of halogens is 1. The van der Waals surface area contributed by atoms with E-state index in [2.05, 4.69) is 29.5 Å². The van der Waals surface area contributed by atoms with Crippen LogP contribution in [0.15, 0.2) is 30.5 Å². The molecule has 9 heteroatoms. The Kier molecular flexibility index (Phi) is 6.90. The molecule has 2 amide bonds. The van der Waals surface area contributed by atoms with E-state index in [1.165, 1.54) is 28.5 Å². The summed E-state index contributed by atoms with van der Waals surface area (Å²) >= 11 is 1.38. The van der Waals surface area contributed by atoms with E-state index in [0.717, 1.165) is 16.9 Å². The van der Waals surface area contributed by atoms with E-state index >= 15 is 0 Å². The quantitative estimate of drug-likeness (QED) is 0.540. The second kappa shape index (κ2) is 9.84. The summed E-state index contributed by atoms with van der Waals surface area (Å²) in [6.45, 7) is 5.74. The second-order valence-electron chi connectivity index (χ2n) is 8.36. The third kappa shape index (κ3) is 4.84. The van der Waals surface area contributed by atoms with Crippen LogP contribution < -0.4 is 10.6 Å². The maximum Gasteiger partial charge on any atom is 0.279 e. The van der Waals surface area contributed by atoms with Crippen molar-refractivity contribution in [1.29, 1.82) is 0 Å². The predicted octanol–water partition coefficient (Wildman–Crippen LogP) is 4.23. The molecule has 0 saturated carbocycles. The highest BCUT2D eigenvalue weighted by Crippen LogP contribution is 2.37. The van der Waals surface area contributed by atoms with E-state index in [0.29, 0.717) is 59.1 Å². The Hall–Kier alpha value is -3.04. The fourth-order valence-electron chi connectivity index (χ4n) is 3.83. The largest absolute Gasteiger partial charge is 0.376 e. The third-order valence-corrected chi connectivity index (χ3v) is 6.59. The van der Waals surface area contributed by atoms with E-state index in [-0.39, 0.29) is 17.6 Å². The van der Waals surface area contributed by atoms with E-state index in [4.69, 9.17) is 4.84 Å². The number of fused-ring (bicyclic) bond motifs is 1. The molecule has 1 aliphatic rings. The summed E-state index contributed by atoms with van der Waals surface area (Å²) in [6.07, 6.45) is 2.77. The summed E-state index contributed by atoms with van der Waals surface area (Å²) in [5, 5.41) is 8.66. The Labute approximate surface area is 195 Å². The molecule has 3 heterocycles. The van der Waals surface area contributed by atoms with Crippen molar-refractivity contribution in [2.24, 2.45) is 5.92 Å². The third-order valence-electron chi connectivity index (χ3n) is 5.44. The Bertz CT molecular complexity index is 1190. The number of nitrogens with zero attached hydrogens (tertiary/aromatic N) is 2. The minimum atomic E-state index is -0.352. The van der Waals surface area contributed by atoms with Crippen LogP contribution in [0.2, 0.25) is 0 Å². The van der Waals surface area contributed by atoms with Gasteiger partial charge in [0.1, 0.15) is 10.8 Å². The minimum Gasteiger partial charge on any atom is -0.376 e. The smallest absolute Gasteiger partial charge is 0.279 e. The summed E-state index contributed by atoms with van der Waals surface area (Å²) in [5.41, 5.74) is 2.15. The fraction of sp³-hybridized carbons (Fsp3) is 0.375. The van der Waals surface area contributed by atoms with Gasteiger partial charge >= 0.3 is 0 Å². The van der Waals surface area contributed by atoms with Crippen molar-refractivity contribution in [2.75, 3.05) is 32.1 Å².